The molecule has 3 atom stereocenters. The lowest BCUT2D eigenvalue weighted by Gasteiger charge is -2.31. The van der Waals surface area contributed by atoms with Crippen molar-refractivity contribution in [2.45, 2.75) is 50.5 Å². The van der Waals surface area contributed by atoms with Gasteiger partial charge >= 0.3 is 0 Å². The molecule has 55 heavy (non-hydrogen) atoms. The fourth-order valence-electron chi connectivity index (χ4n) is 10.5. The van der Waals surface area contributed by atoms with Gasteiger partial charge in [-0.05, 0) is 150 Å². The Kier molecular flexibility index (Phi) is 8.44. The zero-order valence-corrected chi connectivity index (χ0v) is 32.7. The number of anilines is 2. The normalized spacial score (nSPS) is 22.8. The molecule has 4 heteroatoms. The zero-order chi connectivity index (χ0) is 36.3. The van der Waals surface area contributed by atoms with Crippen LogP contribution in [0.1, 0.15) is 44.9 Å². The third-order valence-corrected chi connectivity index (χ3v) is 15.9. The maximum atomic E-state index is 2.79. The van der Waals surface area contributed by atoms with Crippen molar-refractivity contribution in [2.75, 3.05) is 49.1 Å². The standard InChI is InChI=1S/C51H50N3P/c1-3-13-45-37(11-1)17-25-47(39-15-19-41(20-16-39)52-29-5-6-30-52)49(45)50-46-14-4-2-12-38(46)18-26-48(50)55(43-23-21-42(22-24-43)53-31-7-8-32-53)44-27-28-51(36-40(51)35-44)54-33-9-10-34-54/h1-4,11-28,35,40H,5-10,29-34,36H2. The number of rotatable bonds is 8. The van der Waals surface area contributed by atoms with Gasteiger partial charge in [0.25, 0.3) is 0 Å². The molecule has 0 amide bonds. The average molecular weight is 736 g/mol. The van der Waals surface area contributed by atoms with E-state index in [1.807, 2.05) is 0 Å². The van der Waals surface area contributed by atoms with Gasteiger partial charge in [0.2, 0.25) is 0 Å². The quantitative estimate of drug-likeness (QED) is 0.144. The van der Waals surface area contributed by atoms with Crippen molar-refractivity contribution < 1.29 is 0 Å². The van der Waals surface area contributed by atoms with Gasteiger partial charge in [-0.1, -0.05) is 115 Å². The van der Waals surface area contributed by atoms with Crippen LogP contribution in [-0.4, -0.2) is 49.7 Å². The molecule has 3 heterocycles. The van der Waals surface area contributed by atoms with Crippen LogP contribution >= 0.6 is 7.92 Å². The highest BCUT2D eigenvalue weighted by Gasteiger charge is 2.57. The second-order valence-corrected chi connectivity index (χ2v) is 18.8. The third-order valence-electron chi connectivity index (χ3n) is 13.5. The van der Waals surface area contributed by atoms with Crippen LogP contribution in [0.3, 0.4) is 0 Å². The van der Waals surface area contributed by atoms with E-state index >= 15 is 0 Å². The summed E-state index contributed by atoms with van der Waals surface area (Å²) in [5.41, 5.74) is 8.31. The Morgan fingerprint density at radius 2 is 1.09 bits per heavy atom. The van der Waals surface area contributed by atoms with Crippen LogP contribution in [0.15, 0.2) is 145 Å². The molecule has 3 unspecified atom stereocenters. The molecular weight excluding hydrogens is 686 g/mol. The number of nitrogens with zero attached hydrogens (tertiary/aromatic N) is 3. The van der Waals surface area contributed by atoms with Crippen LogP contribution in [0.2, 0.25) is 0 Å². The van der Waals surface area contributed by atoms with E-state index in [2.05, 4.69) is 154 Å². The molecular formula is C51H50N3P. The van der Waals surface area contributed by atoms with Crippen molar-refractivity contribution in [1.29, 1.82) is 0 Å². The Balaban J connectivity index is 1.13. The molecule has 3 aliphatic heterocycles. The fourth-order valence-corrected chi connectivity index (χ4v) is 13.0. The summed E-state index contributed by atoms with van der Waals surface area (Å²) in [7, 11) is -0.863. The van der Waals surface area contributed by atoms with Gasteiger partial charge in [0.15, 0.2) is 0 Å². The van der Waals surface area contributed by atoms with Crippen LogP contribution in [0.25, 0.3) is 43.8 Å². The molecule has 0 spiro atoms. The molecule has 4 fully saturated rings. The predicted molar refractivity (Wildman–Crippen MR) is 237 cm³/mol. The summed E-state index contributed by atoms with van der Waals surface area (Å²) in [5.74, 6) is 0.602. The molecule has 0 radical (unpaired) electrons. The lowest BCUT2D eigenvalue weighted by atomic mass is 9.87. The average Bonchev–Trinajstić information content (AvgIpc) is 3.82. The number of allylic oxidation sites excluding steroid dienone is 2. The van der Waals surface area contributed by atoms with E-state index in [0.29, 0.717) is 5.92 Å². The van der Waals surface area contributed by atoms with E-state index in [0.717, 1.165) is 13.1 Å². The minimum absolute atomic E-state index is 0.247. The first-order valence-corrected chi connectivity index (χ1v) is 22.3. The highest BCUT2D eigenvalue weighted by molar-refractivity contribution is 7.77. The van der Waals surface area contributed by atoms with Crippen molar-refractivity contribution in [2.24, 2.45) is 5.92 Å². The lowest BCUT2D eigenvalue weighted by molar-refractivity contribution is 0.255. The topological polar surface area (TPSA) is 9.72 Å². The van der Waals surface area contributed by atoms with Crippen molar-refractivity contribution in [3.05, 3.63) is 145 Å². The molecule has 5 aliphatic rings. The highest BCUT2D eigenvalue weighted by Crippen LogP contribution is 2.59. The minimum atomic E-state index is -0.863. The molecule has 0 N–H and O–H groups in total. The summed E-state index contributed by atoms with van der Waals surface area (Å²) in [6.45, 7) is 7.14. The molecule has 3 nitrogen and oxygen atoms in total. The second-order valence-electron chi connectivity index (χ2n) is 16.6. The van der Waals surface area contributed by atoms with Crippen LogP contribution in [0.5, 0.6) is 0 Å². The molecule has 2 aliphatic carbocycles. The van der Waals surface area contributed by atoms with Crippen molar-refractivity contribution in [3.63, 3.8) is 0 Å². The Hall–Kier alpha value is -4.69. The van der Waals surface area contributed by atoms with Gasteiger partial charge < -0.3 is 9.80 Å². The summed E-state index contributed by atoms with van der Waals surface area (Å²) < 4.78 is 0. The zero-order valence-electron chi connectivity index (χ0n) is 31.8. The Labute approximate surface area is 327 Å². The van der Waals surface area contributed by atoms with Gasteiger partial charge in [0.1, 0.15) is 0 Å². The van der Waals surface area contributed by atoms with Crippen molar-refractivity contribution in [3.8, 4) is 22.3 Å². The van der Waals surface area contributed by atoms with Crippen molar-refractivity contribution >= 4 is 51.5 Å². The van der Waals surface area contributed by atoms with Gasteiger partial charge in [-0.2, -0.15) is 0 Å². The minimum Gasteiger partial charge on any atom is -0.372 e. The Bertz CT molecular complexity index is 2450. The molecule has 3 saturated heterocycles. The molecule has 0 aromatic heterocycles. The molecule has 1 saturated carbocycles. The van der Waals surface area contributed by atoms with Gasteiger partial charge in [-0.25, -0.2) is 0 Å². The molecule has 11 rings (SSSR count). The summed E-state index contributed by atoms with van der Waals surface area (Å²) in [4.78, 5) is 7.90. The predicted octanol–water partition coefficient (Wildman–Crippen LogP) is 11.3. The third kappa shape index (κ3) is 5.85. The number of fused-ring (bicyclic) bond motifs is 3. The first-order valence-electron chi connectivity index (χ1n) is 20.9. The Morgan fingerprint density at radius 1 is 0.527 bits per heavy atom. The summed E-state index contributed by atoms with van der Waals surface area (Å²) in [5, 5.41) is 9.66. The highest BCUT2D eigenvalue weighted by atomic mass is 31.1. The largest absolute Gasteiger partial charge is 0.372 e. The van der Waals surface area contributed by atoms with Gasteiger partial charge in [-0.15, -0.1) is 0 Å². The number of hydrogen-bond acceptors (Lipinski definition) is 3. The van der Waals surface area contributed by atoms with Crippen LogP contribution < -0.4 is 20.4 Å². The van der Waals surface area contributed by atoms with E-state index in [1.165, 1.54) is 142 Å². The number of benzene rings is 6. The van der Waals surface area contributed by atoms with Gasteiger partial charge in [-0.3, -0.25) is 4.90 Å². The Morgan fingerprint density at radius 3 is 1.73 bits per heavy atom. The monoisotopic (exact) mass is 735 g/mol. The molecule has 6 aromatic rings. The van der Waals surface area contributed by atoms with E-state index < -0.39 is 7.92 Å². The molecule has 0 bridgehead atoms. The van der Waals surface area contributed by atoms with Crippen LogP contribution in [-0.2, 0) is 0 Å². The maximum absolute atomic E-state index is 2.79. The van der Waals surface area contributed by atoms with Gasteiger partial charge in [0, 0.05) is 49.0 Å². The van der Waals surface area contributed by atoms with E-state index in [4.69, 9.17) is 0 Å². The summed E-state index contributed by atoms with van der Waals surface area (Å²) in [6.07, 6.45) is 17.0. The second kappa shape index (κ2) is 13.8. The maximum Gasteiger partial charge on any atom is 0.0464 e. The van der Waals surface area contributed by atoms with Crippen LogP contribution in [0.4, 0.5) is 11.4 Å². The summed E-state index contributed by atoms with van der Waals surface area (Å²) >= 11 is 0. The van der Waals surface area contributed by atoms with Crippen molar-refractivity contribution in [1.82, 2.24) is 4.90 Å². The number of hydrogen-bond donors (Lipinski definition) is 0. The van der Waals surface area contributed by atoms with E-state index in [9.17, 15) is 0 Å². The SMILES string of the molecule is C1=CC2(N3CCCC3)CC2C=C1P(c1ccc(N2CCCC2)cc1)c1ccc2ccccc2c1-c1c(-c2ccc(N3CCCC3)cc2)ccc2ccccc12. The first-order chi connectivity index (χ1) is 27.2. The first kappa shape index (κ1) is 33.6. The molecule has 6 aromatic carbocycles. The molecule has 274 valence electrons. The summed E-state index contributed by atoms with van der Waals surface area (Å²) in [6, 6.07) is 47.1. The smallest absolute Gasteiger partial charge is 0.0464 e. The van der Waals surface area contributed by atoms with E-state index in [1.54, 1.807) is 0 Å². The lowest BCUT2D eigenvalue weighted by Crippen LogP contribution is -2.35. The van der Waals surface area contributed by atoms with Crippen LogP contribution in [0, 0.1) is 5.92 Å². The van der Waals surface area contributed by atoms with E-state index in [-0.39, 0.29) is 5.54 Å². The number of likely N-dealkylation sites (tertiary alicyclic amines) is 1. The van der Waals surface area contributed by atoms with Gasteiger partial charge in [0.05, 0.1) is 0 Å². The fraction of sp³-hybridized carbons (Fsp3) is 0.294.